The van der Waals surface area contributed by atoms with Gasteiger partial charge in [0.05, 0.1) is 19.9 Å². The molecule has 0 aliphatic carbocycles. The van der Waals surface area contributed by atoms with E-state index in [-0.39, 0.29) is 0 Å². The quantitative estimate of drug-likeness (QED) is 0.404. The Kier molecular flexibility index (Phi) is 4.96. The molecule has 0 saturated carbocycles. The Morgan fingerprint density at radius 2 is 1.65 bits per heavy atom. The summed E-state index contributed by atoms with van der Waals surface area (Å²) in [5.41, 5.74) is 3.20. The van der Waals surface area contributed by atoms with Gasteiger partial charge in [0.2, 0.25) is 0 Å². The van der Waals surface area contributed by atoms with E-state index in [1.807, 2.05) is 28.8 Å². The number of ether oxygens (including phenoxy) is 2. The highest BCUT2D eigenvalue weighted by molar-refractivity contribution is 5.86. The fraction of sp³-hybridized carbons (Fsp3) is 0.160. The first-order chi connectivity index (χ1) is 15.2. The third kappa shape index (κ3) is 3.68. The molecule has 6 nitrogen and oxygen atoms in total. The Morgan fingerprint density at radius 3 is 2.48 bits per heavy atom. The molecule has 0 unspecified atom stereocenters. The minimum atomic E-state index is 0.605. The number of nitrogens with zero attached hydrogens (tertiary/aromatic N) is 4. The van der Waals surface area contributed by atoms with Crippen LogP contribution < -0.4 is 9.47 Å². The van der Waals surface area contributed by atoms with Crippen LogP contribution in [0.2, 0.25) is 0 Å². The third-order valence-corrected chi connectivity index (χ3v) is 5.41. The summed E-state index contributed by atoms with van der Waals surface area (Å²) >= 11 is 0. The van der Waals surface area contributed by atoms with Crippen molar-refractivity contribution in [1.29, 1.82) is 0 Å². The number of fused-ring (bicyclic) bond motifs is 2. The molecule has 5 aromatic rings. The highest BCUT2D eigenvalue weighted by Crippen LogP contribution is 2.28. The van der Waals surface area contributed by atoms with Gasteiger partial charge in [-0.15, -0.1) is 5.10 Å². The summed E-state index contributed by atoms with van der Waals surface area (Å²) in [6, 6.07) is 22.7. The number of rotatable bonds is 6. The molecule has 3 aromatic carbocycles. The Balaban J connectivity index is 1.44. The van der Waals surface area contributed by atoms with E-state index in [2.05, 4.69) is 52.4 Å². The molecular formula is C25H22N4O2. The summed E-state index contributed by atoms with van der Waals surface area (Å²) in [5, 5.41) is 7.15. The van der Waals surface area contributed by atoms with Crippen molar-refractivity contribution in [1.82, 2.24) is 19.6 Å². The molecule has 2 heterocycles. The van der Waals surface area contributed by atoms with Crippen molar-refractivity contribution >= 4 is 16.6 Å². The Hall–Kier alpha value is -3.93. The minimum absolute atomic E-state index is 0.605. The predicted octanol–water partition coefficient (Wildman–Crippen LogP) is 4.75. The van der Waals surface area contributed by atoms with E-state index in [9.17, 15) is 0 Å². The molecule has 6 heteroatoms. The fourth-order valence-corrected chi connectivity index (χ4v) is 3.80. The van der Waals surface area contributed by atoms with Gasteiger partial charge >= 0.3 is 0 Å². The van der Waals surface area contributed by atoms with Gasteiger partial charge in [-0.2, -0.15) is 9.50 Å². The van der Waals surface area contributed by atoms with Gasteiger partial charge in [0.15, 0.2) is 17.3 Å². The summed E-state index contributed by atoms with van der Waals surface area (Å²) in [7, 11) is 3.28. The van der Waals surface area contributed by atoms with Gasteiger partial charge in [0.25, 0.3) is 5.78 Å². The van der Waals surface area contributed by atoms with Crippen molar-refractivity contribution in [2.45, 2.75) is 12.8 Å². The van der Waals surface area contributed by atoms with Crippen molar-refractivity contribution < 1.29 is 9.47 Å². The van der Waals surface area contributed by atoms with Crippen molar-refractivity contribution in [2.24, 2.45) is 0 Å². The van der Waals surface area contributed by atoms with Gasteiger partial charge in [-0.3, -0.25) is 0 Å². The highest BCUT2D eigenvalue weighted by Gasteiger charge is 2.11. The molecule has 0 spiro atoms. The zero-order valence-electron chi connectivity index (χ0n) is 17.4. The number of hydrogen-bond acceptors (Lipinski definition) is 5. The number of hydrogen-bond donors (Lipinski definition) is 0. The van der Waals surface area contributed by atoms with E-state index in [0.717, 1.165) is 40.6 Å². The summed E-state index contributed by atoms with van der Waals surface area (Å²) in [6.07, 6.45) is 3.28. The molecule has 0 aliphatic heterocycles. The monoisotopic (exact) mass is 410 g/mol. The van der Waals surface area contributed by atoms with Crippen LogP contribution in [0.1, 0.15) is 11.4 Å². The van der Waals surface area contributed by atoms with Gasteiger partial charge < -0.3 is 9.47 Å². The lowest BCUT2D eigenvalue weighted by Gasteiger charge is -2.08. The molecule has 0 N–H and O–H groups in total. The second-order valence-electron chi connectivity index (χ2n) is 7.32. The van der Waals surface area contributed by atoms with Gasteiger partial charge in [-0.25, -0.2) is 4.98 Å². The van der Waals surface area contributed by atoms with Crippen molar-refractivity contribution in [3.8, 4) is 22.8 Å². The van der Waals surface area contributed by atoms with Crippen LogP contribution in [-0.4, -0.2) is 33.8 Å². The van der Waals surface area contributed by atoms with E-state index in [0.29, 0.717) is 12.2 Å². The normalized spacial score (nSPS) is 11.2. The topological polar surface area (TPSA) is 61.5 Å². The molecule has 0 amide bonds. The summed E-state index contributed by atoms with van der Waals surface area (Å²) in [5.74, 6) is 2.81. The largest absolute Gasteiger partial charge is 0.493 e. The van der Waals surface area contributed by atoms with Crippen molar-refractivity contribution in [2.75, 3.05) is 14.2 Å². The standard InChI is InChI=1S/C25H22N4O2/c1-30-22-11-7-17(15-23(22)31-2)8-12-24-27-25-26-14-13-21(29(25)28-24)20-10-9-18-5-3-4-6-19(18)16-20/h3-7,9-11,13-16H,8,12H2,1-2H3. The molecular weight excluding hydrogens is 388 g/mol. The number of aryl methyl sites for hydroxylation is 2. The van der Waals surface area contributed by atoms with E-state index in [1.54, 1.807) is 20.4 Å². The molecule has 0 bridgehead atoms. The molecule has 0 radical (unpaired) electrons. The molecule has 5 rings (SSSR count). The van der Waals surface area contributed by atoms with E-state index in [1.165, 1.54) is 10.8 Å². The van der Waals surface area contributed by atoms with Crippen LogP contribution in [0.15, 0.2) is 72.9 Å². The van der Waals surface area contributed by atoms with Crippen molar-refractivity contribution in [3.63, 3.8) is 0 Å². The molecule has 0 atom stereocenters. The predicted molar refractivity (Wildman–Crippen MR) is 121 cm³/mol. The van der Waals surface area contributed by atoms with Crippen LogP contribution in [0.5, 0.6) is 11.5 Å². The van der Waals surface area contributed by atoms with Crippen LogP contribution in [-0.2, 0) is 12.8 Å². The highest BCUT2D eigenvalue weighted by atomic mass is 16.5. The maximum absolute atomic E-state index is 5.40. The van der Waals surface area contributed by atoms with Crippen LogP contribution in [0.25, 0.3) is 27.8 Å². The van der Waals surface area contributed by atoms with E-state index >= 15 is 0 Å². The molecule has 154 valence electrons. The number of methoxy groups -OCH3 is 2. The average molecular weight is 410 g/mol. The van der Waals surface area contributed by atoms with Crippen LogP contribution in [0, 0.1) is 0 Å². The SMILES string of the molecule is COc1ccc(CCc2nc3nccc(-c4ccc5ccccc5c4)n3n2)cc1OC. The molecule has 2 aromatic heterocycles. The van der Waals surface area contributed by atoms with E-state index in [4.69, 9.17) is 14.6 Å². The Morgan fingerprint density at radius 1 is 0.806 bits per heavy atom. The Bertz CT molecular complexity index is 1380. The summed E-state index contributed by atoms with van der Waals surface area (Å²) in [6.45, 7) is 0. The minimum Gasteiger partial charge on any atom is -0.493 e. The maximum Gasteiger partial charge on any atom is 0.252 e. The number of benzene rings is 3. The zero-order valence-corrected chi connectivity index (χ0v) is 17.4. The second kappa shape index (κ2) is 8.07. The smallest absolute Gasteiger partial charge is 0.252 e. The van der Waals surface area contributed by atoms with Gasteiger partial charge in [-0.05, 0) is 47.0 Å². The zero-order chi connectivity index (χ0) is 21.2. The van der Waals surface area contributed by atoms with Gasteiger partial charge in [0, 0.05) is 18.2 Å². The summed E-state index contributed by atoms with van der Waals surface area (Å²) < 4.78 is 12.5. The van der Waals surface area contributed by atoms with Gasteiger partial charge in [0.1, 0.15) is 0 Å². The molecule has 0 fully saturated rings. The van der Waals surface area contributed by atoms with Gasteiger partial charge in [-0.1, -0.05) is 42.5 Å². The molecule has 0 aliphatic rings. The number of aromatic nitrogens is 4. The third-order valence-electron chi connectivity index (χ3n) is 5.41. The molecule has 31 heavy (non-hydrogen) atoms. The lowest BCUT2D eigenvalue weighted by Crippen LogP contribution is -1.98. The summed E-state index contributed by atoms with van der Waals surface area (Å²) in [4.78, 5) is 9.05. The maximum atomic E-state index is 5.40. The lowest BCUT2D eigenvalue weighted by atomic mass is 10.1. The first-order valence-electron chi connectivity index (χ1n) is 10.2. The fourth-order valence-electron chi connectivity index (χ4n) is 3.80. The van der Waals surface area contributed by atoms with Crippen LogP contribution >= 0.6 is 0 Å². The van der Waals surface area contributed by atoms with Crippen LogP contribution in [0.3, 0.4) is 0 Å². The Labute approximate surface area is 180 Å². The first-order valence-corrected chi connectivity index (χ1v) is 10.2. The first kappa shape index (κ1) is 19.1. The lowest BCUT2D eigenvalue weighted by molar-refractivity contribution is 0.354. The second-order valence-corrected chi connectivity index (χ2v) is 7.32. The molecule has 0 saturated heterocycles. The average Bonchev–Trinajstić information content (AvgIpc) is 3.25. The van der Waals surface area contributed by atoms with Crippen LogP contribution in [0.4, 0.5) is 0 Å². The van der Waals surface area contributed by atoms with E-state index < -0.39 is 0 Å². The van der Waals surface area contributed by atoms with Crippen molar-refractivity contribution in [3.05, 3.63) is 84.3 Å².